The van der Waals surface area contributed by atoms with Crippen molar-refractivity contribution in [1.29, 1.82) is 0 Å². The summed E-state index contributed by atoms with van der Waals surface area (Å²) in [6, 6.07) is 8.28. The first-order valence-corrected chi connectivity index (χ1v) is 7.57. The van der Waals surface area contributed by atoms with Crippen molar-refractivity contribution in [2.75, 3.05) is 0 Å². The fraction of sp³-hybridized carbons (Fsp3) is 0.294. The minimum atomic E-state index is -1.49. The molecule has 2 unspecified atom stereocenters. The summed E-state index contributed by atoms with van der Waals surface area (Å²) in [5, 5.41) is 11.0. The molecule has 0 saturated carbocycles. The number of hydrogen-bond donors (Lipinski definition) is 2. The lowest BCUT2D eigenvalue weighted by Crippen LogP contribution is -2.45. The smallest absolute Gasteiger partial charge is 0.315 e. The van der Waals surface area contributed by atoms with E-state index in [2.05, 4.69) is 5.32 Å². The van der Waals surface area contributed by atoms with Crippen LogP contribution in [0.2, 0.25) is 0 Å². The highest BCUT2D eigenvalue weighted by Crippen LogP contribution is 2.43. The van der Waals surface area contributed by atoms with Gasteiger partial charge in [-0.05, 0) is 30.2 Å². The number of rotatable bonds is 4. The predicted octanol–water partition coefficient (Wildman–Crippen LogP) is 3.50. The average molecular weight is 338 g/mol. The van der Waals surface area contributed by atoms with Crippen molar-refractivity contribution in [3.63, 3.8) is 0 Å². The van der Waals surface area contributed by atoms with Crippen molar-refractivity contribution < 1.29 is 19.1 Å². The van der Waals surface area contributed by atoms with Crippen LogP contribution in [-0.4, -0.2) is 22.4 Å². The molecule has 1 amide bonds. The van der Waals surface area contributed by atoms with Crippen LogP contribution in [0.15, 0.2) is 54.0 Å². The Morgan fingerprint density at radius 3 is 2.43 bits per heavy atom. The van der Waals surface area contributed by atoms with E-state index in [0.717, 1.165) is 6.08 Å². The van der Waals surface area contributed by atoms with Crippen LogP contribution in [0, 0.1) is 11.3 Å². The molecule has 0 aliphatic heterocycles. The Morgan fingerprint density at radius 2 is 1.91 bits per heavy atom. The third-order valence-corrected chi connectivity index (χ3v) is 4.49. The maximum Gasteiger partial charge on any atom is 0.315 e. The van der Waals surface area contributed by atoms with Gasteiger partial charge in [0.2, 0.25) is 0 Å². The number of carboxylic acid groups (broad SMARTS) is 1. The standard InChI is InChI=1S/C17H17ClFNO3/c1-10(2)17(16(22)23)9-13(12(19)8-14(17)18)20-15(21)11-6-4-3-5-7-11/h3-10,14H,1-2H3,(H,20,21)(H,22,23). The van der Waals surface area contributed by atoms with E-state index in [-0.39, 0.29) is 5.70 Å². The Balaban J connectivity index is 2.38. The zero-order valence-electron chi connectivity index (χ0n) is 12.7. The molecule has 2 rings (SSSR count). The van der Waals surface area contributed by atoms with E-state index in [1.807, 2.05) is 0 Å². The van der Waals surface area contributed by atoms with Gasteiger partial charge in [-0.15, -0.1) is 11.6 Å². The molecule has 0 radical (unpaired) electrons. The van der Waals surface area contributed by atoms with Gasteiger partial charge in [0.15, 0.2) is 0 Å². The van der Waals surface area contributed by atoms with Crippen LogP contribution in [0.3, 0.4) is 0 Å². The summed E-state index contributed by atoms with van der Waals surface area (Å²) in [6.07, 6.45) is 2.23. The van der Waals surface area contributed by atoms with Gasteiger partial charge in [0.25, 0.3) is 5.91 Å². The first-order valence-electron chi connectivity index (χ1n) is 7.13. The average Bonchev–Trinajstić information content (AvgIpc) is 2.50. The number of aliphatic carboxylic acids is 1. The van der Waals surface area contributed by atoms with Crippen LogP contribution in [0.25, 0.3) is 0 Å². The number of alkyl halides is 1. The molecule has 1 aromatic carbocycles. The van der Waals surface area contributed by atoms with Gasteiger partial charge in [-0.3, -0.25) is 9.59 Å². The third-order valence-electron chi connectivity index (χ3n) is 4.00. The minimum absolute atomic E-state index is 0.174. The van der Waals surface area contributed by atoms with Crippen molar-refractivity contribution in [3.8, 4) is 0 Å². The molecule has 2 N–H and O–H groups in total. The molecule has 2 atom stereocenters. The fourth-order valence-corrected chi connectivity index (χ4v) is 3.05. The number of carboxylic acids is 1. The van der Waals surface area contributed by atoms with Crippen molar-refractivity contribution in [1.82, 2.24) is 5.32 Å². The molecule has 6 heteroatoms. The maximum atomic E-state index is 14.1. The van der Waals surface area contributed by atoms with Crippen LogP contribution in [0.5, 0.6) is 0 Å². The number of hydrogen-bond acceptors (Lipinski definition) is 2. The van der Waals surface area contributed by atoms with Crippen LogP contribution in [0.1, 0.15) is 24.2 Å². The lowest BCUT2D eigenvalue weighted by Gasteiger charge is -2.36. The van der Waals surface area contributed by atoms with Crippen molar-refractivity contribution in [2.24, 2.45) is 11.3 Å². The highest BCUT2D eigenvalue weighted by molar-refractivity contribution is 6.24. The van der Waals surface area contributed by atoms with Gasteiger partial charge in [0.05, 0.1) is 11.1 Å². The molecule has 0 spiro atoms. The predicted molar refractivity (Wildman–Crippen MR) is 85.7 cm³/mol. The van der Waals surface area contributed by atoms with Crippen LogP contribution >= 0.6 is 11.6 Å². The van der Waals surface area contributed by atoms with Gasteiger partial charge in [0, 0.05) is 5.56 Å². The molecule has 23 heavy (non-hydrogen) atoms. The molecule has 0 saturated heterocycles. The summed E-state index contributed by atoms with van der Waals surface area (Å²) in [5.41, 5.74) is -1.32. The van der Waals surface area contributed by atoms with Gasteiger partial charge in [-0.25, -0.2) is 4.39 Å². The Bertz CT molecular complexity index is 684. The summed E-state index contributed by atoms with van der Waals surface area (Å²) in [4.78, 5) is 23.9. The molecule has 122 valence electrons. The molecule has 0 heterocycles. The molecule has 1 aliphatic rings. The second-order valence-corrected chi connectivity index (χ2v) is 6.16. The Kier molecular flexibility index (Phi) is 4.90. The molecule has 1 aromatic rings. The molecule has 0 aromatic heterocycles. The highest BCUT2D eigenvalue weighted by atomic mass is 35.5. The van der Waals surface area contributed by atoms with Crippen molar-refractivity contribution in [3.05, 3.63) is 59.6 Å². The second-order valence-electron chi connectivity index (χ2n) is 5.69. The van der Waals surface area contributed by atoms with E-state index in [0.29, 0.717) is 5.56 Å². The third kappa shape index (κ3) is 3.15. The van der Waals surface area contributed by atoms with E-state index in [1.54, 1.807) is 44.2 Å². The highest BCUT2D eigenvalue weighted by Gasteiger charge is 2.48. The quantitative estimate of drug-likeness (QED) is 0.826. The largest absolute Gasteiger partial charge is 0.481 e. The van der Waals surface area contributed by atoms with Crippen molar-refractivity contribution in [2.45, 2.75) is 19.2 Å². The van der Waals surface area contributed by atoms with E-state index in [1.165, 1.54) is 6.08 Å². The minimum Gasteiger partial charge on any atom is -0.481 e. The number of halogens is 2. The molecule has 1 aliphatic carbocycles. The lowest BCUT2D eigenvalue weighted by molar-refractivity contribution is -0.148. The molecule has 0 fully saturated rings. The number of carbonyl (C=O) groups is 2. The lowest BCUT2D eigenvalue weighted by atomic mass is 9.71. The Hall–Kier alpha value is -2.14. The van der Waals surface area contributed by atoms with E-state index >= 15 is 0 Å². The summed E-state index contributed by atoms with van der Waals surface area (Å²) in [6.45, 7) is 3.38. The van der Waals surface area contributed by atoms with Gasteiger partial charge in [-0.1, -0.05) is 32.0 Å². The van der Waals surface area contributed by atoms with Gasteiger partial charge in [-0.2, -0.15) is 0 Å². The Labute approximate surface area is 138 Å². The number of carbonyl (C=O) groups excluding carboxylic acids is 1. The molecule has 4 nitrogen and oxygen atoms in total. The SMILES string of the molecule is CC(C)C1(C(=O)O)C=C(NC(=O)c2ccccc2)C(F)=CC1Cl. The zero-order chi connectivity index (χ0) is 17.2. The van der Waals surface area contributed by atoms with E-state index < -0.39 is 34.4 Å². The number of allylic oxidation sites excluding steroid dienone is 2. The van der Waals surface area contributed by atoms with Crippen LogP contribution < -0.4 is 5.32 Å². The normalized spacial score (nSPS) is 24.0. The number of amides is 1. The van der Waals surface area contributed by atoms with Crippen LogP contribution in [-0.2, 0) is 4.79 Å². The number of nitrogens with one attached hydrogen (secondary N) is 1. The molecular weight excluding hydrogens is 321 g/mol. The monoisotopic (exact) mass is 337 g/mol. The van der Waals surface area contributed by atoms with Crippen LogP contribution in [0.4, 0.5) is 4.39 Å². The molecule has 0 bridgehead atoms. The molecular formula is C17H17ClFNO3. The fourth-order valence-electron chi connectivity index (χ4n) is 2.54. The van der Waals surface area contributed by atoms with Gasteiger partial charge >= 0.3 is 5.97 Å². The Morgan fingerprint density at radius 1 is 1.30 bits per heavy atom. The van der Waals surface area contributed by atoms with Crippen molar-refractivity contribution >= 4 is 23.5 Å². The zero-order valence-corrected chi connectivity index (χ0v) is 13.5. The van der Waals surface area contributed by atoms with Gasteiger partial charge < -0.3 is 10.4 Å². The summed E-state index contributed by atoms with van der Waals surface area (Å²) in [7, 11) is 0. The van der Waals surface area contributed by atoms with E-state index in [4.69, 9.17) is 11.6 Å². The summed E-state index contributed by atoms with van der Waals surface area (Å²) in [5.74, 6) is -2.82. The maximum absolute atomic E-state index is 14.1. The van der Waals surface area contributed by atoms with E-state index in [9.17, 15) is 19.1 Å². The number of benzene rings is 1. The summed E-state index contributed by atoms with van der Waals surface area (Å²) < 4.78 is 14.1. The second kappa shape index (κ2) is 6.54. The first-order chi connectivity index (χ1) is 10.8. The summed E-state index contributed by atoms with van der Waals surface area (Å²) >= 11 is 6.09. The first kappa shape index (κ1) is 17.2. The topological polar surface area (TPSA) is 66.4 Å². The van der Waals surface area contributed by atoms with Gasteiger partial charge in [0.1, 0.15) is 11.2 Å².